The highest BCUT2D eigenvalue weighted by atomic mass is 32.1. The van der Waals surface area contributed by atoms with E-state index in [4.69, 9.17) is 5.11 Å². The highest BCUT2D eigenvalue weighted by Crippen LogP contribution is 2.15. The maximum atomic E-state index is 12.0. The normalized spacial score (nSPS) is 9.42. The molecule has 0 aliphatic carbocycles. The summed E-state index contributed by atoms with van der Waals surface area (Å²) in [5, 5.41) is 10.3. The van der Waals surface area contributed by atoms with E-state index in [1.54, 1.807) is 11.4 Å². The summed E-state index contributed by atoms with van der Waals surface area (Å²) < 4.78 is 4.50. The van der Waals surface area contributed by atoms with Gasteiger partial charge in [0.15, 0.2) is 0 Å². The van der Waals surface area contributed by atoms with E-state index < -0.39 is 5.97 Å². The number of rotatable bonds is 4. The van der Waals surface area contributed by atoms with Crippen molar-refractivity contribution < 1.29 is 19.4 Å². The summed E-state index contributed by atoms with van der Waals surface area (Å²) in [5.41, 5.74) is 0.490. The number of hydrogen-bond donors (Lipinski definition) is 1. The maximum absolute atomic E-state index is 12.0. The van der Waals surface area contributed by atoms with Crippen molar-refractivity contribution in [3.05, 3.63) is 21.9 Å². The lowest BCUT2D eigenvalue weighted by Crippen LogP contribution is -2.32. The summed E-state index contributed by atoms with van der Waals surface area (Å²) in [5.74, 6) is 4.93. The molecule has 5 nitrogen and oxygen atoms in total. The third kappa shape index (κ3) is 4.73. The standard InChI is InChI=1S/C13H15NO4S/c1-14(8-12(16)18-2)13(17)10-7-11(19-9-10)5-3-4-6-15/h7,9,15H,4,6,8H2,1-2H3. The quantitative estimate of drug-likeness (QED) is 0.652. The molecule has 1 rings (SSSR count). The van der Waals surface area contributed by atoms with Crippen molar-refractivity contribution in [2.24, 2.45) is 0 Å². The molecule has 1 amide bonds. The van der Waals surface area contributed by atoms with Gasteiger partial charge < -0.3 is 14.7 Å². The van der Waals surface area contributed by atoms with E-state index in [0.29, 0.717) is 12.0 Å². The molecule has 1 heterocycles. The summed E-state index contributed by atoms with van der Waals surface area (Å²) in [6, 6.07) is 1.67. The van der Waals surface area contributed by atoms with Crippen LogP contribution in [0, 0.1) is 11.8 Å². The Hall–Kier alpha value is -1.84. The van der Waals surface area contributed by atoms with Crippen LogP contribution in [0.25, 0.3) is 0 Å². The molecule has 0 aromatic carbocycles. The number of amides is 1. The molecule has 1 aromatic rings. The number of aliphatic hydroxyl groups is 1. The molecule has 0 unspecified atom stereocenters. The van der Waals surface area contributed by atoms with E-state index in [9.17, 15) is 9.59 Å². The lowest BCUT2D eigenvalue weighted by Gasteiger charge is -2.14. The molecule has 0 saturated carbocycles. The van der Waals surface area contributed by atoms with Gasteiger partial charge in [0.1, 0.15) is 6.54 Å². The highest BCUT2D eigenvalue weighted by molar-refractivity contribution is 7.10. The average molecular weight is 281 g/mol. The summed E-state index contributed by atoms with van der Waals surface area (Å²) >= 11 is 1.35. The SMILES string of the molecule is COC(=O)CN(C)C(=O)c1csc(C#CCCO)c1. The van der Waals surface area contributed by atoms with Gasteiger partial charge in [-0.15, -0.1) is 11.3 Å². The maximum Gasteiger partial charge on any atom is 0.325 e. The van der Waals surface area contributed by atoms with Crippen molar-refractivity contribution in [3.63, 3.8) is 0 Å². The van der Waals surface area contributed by atoms with Gasteiger partial charge in [0.25, 0.3) is 5.91 Å². The molecule has 1 N–H and O–H groups in total. The number of esters is 1. The topological polar surface area (TPSA) is 66.8 Å². The van der Waals surface area contributed by atoms with E-state index in [2.05, 4.69) is 16.6 Å². The predicted octanol–water partition coefficient (Wildman–Crippen LogP) is 0.727. The Bertz CT molecular complexity index is 512. The lowest BCUT2D eigenvalue weighted by molar-refractivity contribution is -0.141. The Morgan fingerprint density at radius 2 is 2.26 bits per heavy atom. The number of thiophene rings is 1. The Kier molecular flexibility index (Phi) is 6.06. The number of aliphatic hydroxyl groups excluding tert-OH is 1. The fourth-order valence-electron chi connectivity index (χ4n) is 1.27. The number of methoxy groups -OCH3 is 1. The minimum atomic E-state index is -0.464. The van der Waals surface area contributed by atoms with Crippen molar-refractivity contribution in [1.29, 1.82) is 0 Å². The van der Waals surface area contributed by atoms with E-state index in [-0.39, 0.29) is 19.1 Å². The number of likely N-dealkylation sites (N-methyl/N-ethyl adjacent to an activating group) is 1. The Labute approximate surface area is 115 Å². The van der Waals surface area contributed by atoms with Gasteiger partial charge in [-0.2, -0.15) is 0 Å². The van der Waals surface area contributed by atoms with Crippen molar-refractivity contribution in [2.75, 3.05) is 27.3 Å². The Balaban J connectivity index is 2.68. The zero-order valence-corrected chi connectivity index (χ0v) is 11.6. The molecule has 0 aliphatic heterocycles. The molecular weight excluding hydrogens is 266 g/mol. The lowest BCUT2D eigenvalue weighted by atomic mass is 10.2. The number of nitrogens with zero attached hydrogens (tertiary/aromatic N) is 1. The third-order valence-corrected chi connectivity index (χ3v) is 3.08. The minimum Gasteiger partial charge on any atom is -0.468 e. The molecule has 0 fully saturated rings. The van der Waals surface area contributed by atoms with Crippen LogP contribution in [0.4, 0.5) is 0 Å². The van der Waals surface area contributed by atoms with Crippen LogP contribution < -0.4 is 0 Å². The molecule has 0 radical (unpaired) electrons. The number of carbonyl (C=O) groups excluding carboxylic acids is 2. The van der Waals surface area contributed by atoms with Crippen LogP contribution in [-0.4, -0.2) is 49.2 Å². The van der Waals surface area contributed by atoms with Gasteiger partial charge in [-0.25, -0.2) is 0 Å². The molecule has 0 saturated heterocycles. The molecule has 0 aliphatic rings. The van der Waals surface area contributed by atoms with Crippen LogP contribution in [0.2, 0.25) is 0 Å². The summed E-state index contributed by atoms with van der Waals surface area (Å²) in [4.78, 5) is 25.1. The second kappa shape index (κ2) is 7.56. The fraction of sp³-hybridized carbons (Fsp3) is 0.385. The molecule has 1 aromatic heterocycles. The molecular formula is C13H15NO4S. The first-order valence-electron chi connectivity index (χ1n) is 5.59. The molecule has 0 spiro atoms. The molecule has 102 valence electrons. The Morgan fingerprint density at radius 1 is 1.53 bits per heavy atom. The van der Waals surface area contributed by atoms with Crippen LogP contribution in [0.1, 0.15) is 21.7 Å². The zero-order chi connectivity index (χ0) is 14.3. The number of carbonyl (C=O) groups is 2. The smallest absolute Gasteiger partial charge is 0.325 e. The first-order valence-corrected chi connectivity index (χ1v) is 6.47. The van der Waals surface area contributed by atoms with Crippen LogP contribution in [0.5, 0.6) is 0 Å². The van der Waals surface area contributed by atoms with Gasteiger partial charge in [-0.1, -0.05) is 11.8 Å². The van der Waals surface area contributed by atoms with Crippen LogP contribution >= 0.6 is 11.3 Å². The Morgan fingerprint density at radius 3 is 2.89 bits per heavy atom. The van der Waals surface area contributed by atoms with E-state index in [1.165, 1.54) is 30.4 Å². The third-order valence-electron chi connectivity index (χ3n) is 2.24. The van der Waals surface area contributed by atoms with E-state index >= 15 is 0 Å². The summed E-state index contributed by atoms with van der Waals surface area (Å²) in [6.45, 7) is -0.0667. The van der Waals surface area contributed by atoms with Crippen LogP contribution in [-0.2, 0) is 9.53 Å². The van der Waals surface area contributed by atoms with Crippen molar-refractivity contribution in [3.8, 4) is 11.8 Å². The first kappa shape index (κ1) is 15.2. The van der Waals surface area contributed by atoms with Crippen molar-refractivity contribution in [2.45, 2.75) is 6.42 Å². The molecule has 19 heavy (non-hydrogen) atoms. The van der Waals surface area contributed by atoms with Gasteiger partial charge in [-0.05, 0) is 6.07 Å². The predicted molar refractivity (Wildman–Crippen MR) is 71.9 cm³/mol. The molecule has 6 heteroatoms. The average Bonchev–Trinajstić information content (AvgIpc) is 2.86. The van der Waals surface area contributed by atoms with Crippen LogP contribution in [0.3, 0.4) is 0 Å². The molecule has 0 bridgehead atoms. The highest BCUT2D eigenvalue weighted by Gasteiger charge is 2.16. The van der Waals surface area contributed by atoms with E-state index in [1.807, 2.05) is 0 Å². The number of hydrogen-bond acceptors (Lipinski definition) is 5. The van der Waals surface area contributed by atoms with Crippen molar-refractivity contribution in [1.82, 2.24) is 4.90 Å². The monoisotopic (exact) mass is 281 g/mol. The minimum absolute atomic E-state index is 0.0199. The molecule has 0 atom stereocenters. The summed E-state index contributed by atoms with van der Waals surface area (Å²) in [7, 11) is 2.81. The van der Waals surface area contributed by atoms with Gasteiger partial charge in [0.05, 0.1) is 24.2 Å². The fourth-order valence-corrected chi connectivity index (χ4v) is 2.02. The summed E-state index contributed by atoms with van der Waals surface area (Å²) in [6.07, 6.45) is 0.406. The number of ether oxygens (including phenoxy) is 1. The second-order valence-electron chi connectivity index (χ2n) is 3.71. The van der Waals surface area contributed by atoms with E-state index in [0.717, 1.165) is 4.88 Å². The van der Waals surface area contributed by atoms with Crippen molar-refractivity contribution >= 4 is 23.2 Å². The second-order valence-corrected chi connectivity index (χ2v) is 4.62. The van der Waals surface area contributed by atoms with Gasteiger partial charge in [0.2, 0.25) is 0 Å². The van der Waals surface area contributed by atoms with Gasteiger partial charge in [-0.3, -0.25) is 9.59 Å². The largest absolute Gasteiger partial charge is 0.468 e. The van der Waals surface area contributed by atoms with Gasteiger partial charge >= 0.3 is 5.97 Å². The van der Waals surface area contributed by atoms with Crippen LogP contribution in [0.15, 0.2) is 11.4 Å². The van der Waals surface area contributed by atoms with Gasteiger partial charge in [0, 0.05) is 18.8 Å². The zero-order valence-electron chi connectivity index (χ0n) is 10.8. The first-order chi connectivity index (χ1) is 9.08.